The molecule has 2 aliphatic rings. The topological polar surface area (TPSA) is 136 Å². The quantitative estimate of drug-likeness (QED) is 0.285. The number of fused-ring (bicyclic) bond motifs is 1. The summed E-state index contributed by atoms with van der Waals surface area (Å²) < 4.78 is 0. The normalized spacial score (nSPS) is 17.4. The van der Waals surface area contributed by atoms with E-state index in [1.54, 1.807) is 30.1 Å². The number of carbonyl (C=O) groups is 5. The highest BCUT2D eigenvalue weighted by Gasteiger charge is 2.45. The van der Waals surface area contributed by atoms with Gasteiger partial charge in [-0.2, -0.15) is 0 Å². The van der Waals surface area contributed by atoms with E-state index in [9.17, 15) is 24.0 Å². The molecule has 0 aromatic heterocycles. The number of carbonyl (C=O) groups excluding carboxylic acids is 5. The van der Waals surface area contributed by atoms with Crippen LogP contribution in [0, 0.1) is 0 Å². The average molecular weight is 487 g/mol. The van der Waals surface area contributed by atoms with E-state index in [0.29, 0.717) is 31.6 Å². The minimum absolute atomic E-state index is 0.0833. The lowest BCUT2D eigenvalue weighted by atomic mass is 10.0. The van der Waals surface area contributed by atoms with Gasteiger partial charge in [0.2, 0.25) is 17.7 Å². The van der Waals surface area contributed by atoms with Gasteiger partial charge in [-0.15, -0.1) is 0 Å². The number of nitrogens with zero attached hydrogens (tertiary/aromatic N) is 2. The minimum Gasteiger partial charge on any atom is -0.396 e. The van der Waals surface area contributed by atoms with Crippen LogP contribution < -0.4 is 10.6 Å². The molecule has 1 atom stereocenters. The van der Waals surface area contributed by atoms with E-state index in [1.165, 1.54) is 0 Å². The second-order valence-corrected chi connectivity index (χ2v) is 9.01. The monoisotopic (exact) mass is 486 g/mol. The first-order valence-corrected chi connectivity index (χ1v) is 12.3. The molecule has 3 N–H and O–H groups in total. The van der Waals surface area contributed by atoms with E-state index < -0.39 is 29.7 Å². The Bertz CT molecular complexity index is 979. The maximum absolute atomic E-state index is 13.1. The molecule has 5 amide bonds. The van der Waals surface area contributed by atoms with Crippen LogP contribution in [0.1, 0.15) is 78.5 Å². The molecule has 0 aliphatic carbocycles. The van der Waals surface area contributed by atoms with E-state index >= 15 is 0 Å². The average Bonchev–Trinajstić information content (AvgIpc) is 3.09. The van der Waals surface area contributed by atoms with Crippen molar-refractivity contribution in [2.24, 2.45) is 0 Å². The third-order valence-electron chi connectivity index (χ3n) is 6.43. The Kier molecular flexibility index (Phi) is 9.36. The fourth-order valence-electron chi connectivity index (χ4n) is 4.44. The summed E-state index contributed by atoms with van der Waals surface area (Å²) in [4.78, 5) is 64.2. The van der Waals surface area contributed by atoms with Gasteiger partial charge in [0.15, 0.2) is 0 Å². The van der Waals surface area contributed by atoms with Crippen molar-refractivity contribution in [2.45, 2.75) is 63.8 Å². The number of imide groups is 2. The summed E-state index contributed by atoms with van der Waals surface area (Å²) >= 11 is 0. The number of aliphatic hydroxyl groups is 1. The predicted octanol–water partition coefficient (Wildman–Crippen LogP) is 1.68. The van der Waals surface area contributed by atoms with Crippen LogP contribution in [-0.4, -0.2) is 77.2 Å². The Morgan fingerprint density at radius 2 is 1.83 bits per heavy atom. The largest absolute Gasteiger partial charge is 0.396 e. The highest BCUT2D eigenvalue weighted by atomic mass is 16.3. The lowest BCUT2D eigenvalue weighted by Gasteiger charge is -2.27. The van der Waals surface area contributed by atoms with Crippen molar-refractivity contribution >= 4 is 35.2 Å². The molecule has 0 spiro atoms. The van der Waals surface area contributed by atoms with Crippen LogP contribution in [-0.2, 0) is 14.4 Å². The number of hydrogen-bond acceptors (Lipinski definition) is 7. The van der Waals surface area contributed by atoms with Crippen LogP contribution in [0.4, 0.5) is 5.69 Å². The van der Waals surface area contributed by atoms with Crippen LogP contribution >= 0.6 is 0 Å². The molecule has 2 heterocycles. The Balaban J connectivity index is 1.43. The van der Waals surface area contributed by atoms with Gasteiger partial charge in [0.1, 0.15) is 6.04 Å². The van der Waals surface area contributed by atoms with Crippen molar-refractivity contribution in [3.05, 3.63) is 29.3 Å². The maximum atomic E-state index is 13.1. The van der Waals surface area contributed by atoms with Crippen molar-refractivity contribution in [1.29, 1.82) is 0 Å². The zero-order chi connectivity index (χ0) is 25.4. The number of amides is 5. The summed E-state index contributed by atoms with van der Waals surface area (Å²) in [6, 6.07) is 4.05. The van der Waals surface area contributed by atoms with Crippen LogP contribution in [0.3, 0.4) is 0 Å². The fraction of sp³-hybridized carbons (Fsp3) is 0.560. The van der Waals surface area contributed by atoms with Crippen molar-refractivity contribution in [3.63, 3.8) is 0 Å². The number of unbranched alkanes of at least 4 members (excludes halogenated alkanes) is 4. The summed E-state index contributed by atoms with van der Waals surface area (Å²) in [7, 11) is 1.76. The number of piperidine rings is 1. The van der Waals surface area contributed by atoms with Gasteiger partial charge in [0.05, 0.1) is 11.1 Å². The molecule has 3 rings (SSSR count). The van der Waals surface area contributed by atoms with Crippen molar-refractivity contribution in [1.82, 2.24) is 15.1 Å². The molecule has 1 aromatic carbocycles. The summed E-state index contributed by atoms with van der Waals surface area (Å²) in [5.41, 5.74) is 1.09. The van der Waals surface area contributed by atoms with Gasteiger partial charge in [-0.1, -0.05) is 25.3 Å². The molecule has 10 nitrogen and oxygen atoms in total. The highest BCUT2D eigenvalue weighted by molar-refractivity contribution is 6.25. The van der Waals surface area contributed by atoms with Crippen LogP contribution in [0.15, 0.2) is 18.2 Å². The smallest absolute Gasteiger partial charge is 0.264 e. The Morgan fingerprint density at radius 1 is 1.09 bits per heavy atom. The zero-order valence-corrected chi connectivity index (χ0v) is 20.2. The van der Waals surface area contributed by atoms with Crippen LogP contribution in [0.2, 0.25) is 0 Å². The first-order valence-electron chi connectivity index (χ1n) is 12.3. The highest BCUT2D eigenvalue weighted by Crippen LogP contribution is 2.32. The first-order chi connectivity index (χ1) is 16.8. The number of aliphatic hydroxyl groups excluding tert-OH is 1. The van der Waals surface area contributed by atoms with Gasteiger partial charge in [0.25, 0.3) is 11.8 Å². The lowest BCUT2D eigenvalue weighted by Crippen LogP contribution is -2.54. The molecule has 1 aromatic rings. The number of benzene rings is 1. The molecule has 0 saturated carbocycles. The predicted molar refractivity (Wildman–Crippen MR) is 129 cm³/mol. The van der Waals surface area contributed by atoms with Gasteiger partial charge in [-0.05, 0) is 37.8 Å². The van der Waals surface area contributed by atoms with Gasteiger partial charge in [-0.25, -0.2) is 0 Å². The molecule has 0 bridgehead atoms. The molecule has 190 valence electrons. The standard InChI is InChI=1S/C25H34N4O6/c1-28(15-8-16-30)21(32)11-5-3-2-4-6-14-26-18-10-7-9-17-22(18)25(35)29(24(17)34)19-12-13-20(31)27-23(19)33/h7,9-10,19,26,30H,2-6,8,11-16H2,1H3,(H,27,31,33). The molecule has 1 saturated heterocycles. The number of rotatable bonds is 13. The summed E-state index contributed by atoms with van der Waals surface area (Å²) in [5, 5.41) is 14.3. The van der Waals surface area contributed by atoms with Crippen LogP contribution in [0.25, 0.3) is 0 Å². The third-order valence-corrected chi connectivity index (χ3v) is 6.43. The second kappa shape index (κ2) is 12.4. The minimum atomic E-state index is -0.978. The summed E-state index contributed by atoms with van der Waals surface area (Å²) in [5.74, 6) is -1.95. The van der Waals surface area contributed by atoms with Crippen molar-refractivity contribution in [2.75, 3.05) is 32.1 Å². The lowest BCUT2D eigenvalue weighted by molar-refractivity contribution is -0.136. The van der Waals surface area contributed by atoms with Gasteiger partial charge >= 0.3 is 0 Å². The number of hydrogen-bond donors (Lipinski definition) is 3. The van der Waals surface area contributed by atoms with E-state index in [-0.39, 0.29) is 36.5 Å². The molecule has 35 heavy (non-hydrogen) atoms. The van der Waals surface area contributed by atoms with E-state index in [4.69, 9.17) is 5.11 Å². The Morgan fingerprint density at radius 3 is 2.57 bits per heavy atom. The van der Waals surface area contributed by atoms with Gasteiger partial charge in [-0.3, -0.25) is 34.2 Å². The Labute approximate surface area is 205 Å². The van der Waals surface area contributed by atoms with Crippen molar-refractivity contribution < 1.29 is 29.1 Å². The Hall–Kier alpha value is -3.27. The molecular formula is C25H34N4O6. The zero-order valence-electron chi connectivity index (χ0n) is 20.2. The fourth-order valence-corrected chi connectivity index (χ4v) is 4.44. The summed E-state index contributed by atoms with van der Waals surface area (Å²) in [6.45, 7) is 1.28. The molecule has 1 fully saturated rings. The van der Waals surface area contributed by atoms with E-state index in [0.717, 1.165) is 37.0 Å². The SMILES string of the molecule is CN(CCCO)C(=O)CCCCCCCNc1cccc2c1C(=O)N(C1CCC(=O)NC1=O)C2=O. The van der Waals surface area contributed by atoms with Crippen molar-refractivity contribution in [3.8, 4) is 0 Å². The van der Waals surface area contributed by atoms with E-state index in [1.807, 2.05) is 0 Å². The molecule has 2 aliphatic heterocycles. The maximum Gasteiger partial charge on any atom is 0.264 e. The van der Waals surface area contributed by atoms with Gasteiger partial charge in [0, 0.05) is 45.3 Å². The second-order valence-electron chi connectivity index (χ2n) is 9.01. The molecule has 10 heteroatoms. The summed E-state index contributed by atoms with van der Waals surface area (Å²) in [6.07, 6.45) is 5.92. The van der Waals surface area contributed by atoms with Crippen LogP contribution in [0.5, 0.6) is 0 Å². The first kappa shape index (κ1) is 26.3. The number of anilines is 1. The van der Waals surface area contributed by atoms with Gasteiger partial charge < -0.3 is 15.3 Å². The number of nitrogens with one attached hydrogen (secondary N) is 2. The third kappa shape index (κ3) is 6.45. The molecule has 1 unspecified atom stereocenters. The molecular weight excluding hydrogens is 452 g/mol. The molecule has 0 radical (unpaired) electrons. The van der Waals surface area contributed by atoms with E-state index in [2.05, 4.69) is 10.6 Å².